The first kappa shape index (κ1) is 28.2. The molecule has 8 heteroatoms. The first-order valence-corrected chi connectivity index (χ1v) is 10.7. The van der Waals surface area contributed by atoms with E-state index in [9.17, 15) is 9.90 Å². The molecule has 0 radical (unpaired) electrons. The molecule has 1 aliphatic carbocycles. The molecule has 0 bridgehead atoms. The van der Waals surface area contributed by atoms with Crippen LogP contribution in [0.25, 0.3) is 0 Å². The van der Waals surface area contributed by atoms with E-state index in [1.54, 1.807) is 0 Å². The summed E-state index contributed by atoms with van der Waals surface area (Å²) >= 11 is 0. The highest BCUT2D eigenvalue weighted by atomic mass is 35.5. The molecule has 2 aromatic rings. The van der Waals surface area contributed by atoms with Crippen molar-refractivity contribution in [2.24, 2.45) is 0 Å². The predicted octanol–water partition coefficient (Wildman–Crippen LogP) is 3.37. The molecule has 178 valence electrons. The van der Waals surface area contributed by atoms with Crippen LogP contribution in [0.2, 0.25) is 0 Å². The number of para-hydroxylation sites is 1. The molecule has 1 aliphatic rings. The maximum Gasteiger partial charge on any atom is 0.304 e. The Morgan fingerprint density at radius 2 is 1.91 bits per heavy atom. The summed E-state index contributed by atoms with van der Waals surface area (Å²) in [4.78, 5) is 10.6. The molecule has 0 saturated carbocycles. The van der Waals surface area contributed by atoms with Crippen LogP contribution in [0.15, 0.2) is 48.5 Å². The van der Waals surface area contributed by atoms with Crippen LogP contribution in [-0.4, -0.2) is 48.0 Å². The molecule has 32 heavy (non-hydrogen) atoms. The van der Waals surface area contributed by atoms with Crippen LogP contribution in [-0.2, 0) is 24.2 Å². The van der Waals surface area contributed by atoms with Gasteiger partial charge in [-0.1, -0.05) is 36.4 Å². The second kappa shape index (κ2) is 15.1. The van der Waals surface area contributed by atoms with Gasteiger partial charge in [0.25, 0.3) is 0 Å². The monoisotopic (exact) mass is 484 g/mol. The molecule has 0 fully saturated rings. The Kier molecular flexibility index (Phi) is 13.3. The molecule has 2 aromatic carbocycles. The maximum atomic E-state index is 10.6. The van der Waals surface area contributed by atoms with Gasteiger partial charge in [-0.25, -0.2) is 0 Å². The van der Waals surface area contributed by atoms with Crippen molar-refractivity contribution in [1.29, 1.82) is 0 Å². The standard InChI is InChI=1S/C24H32N2O4.2ClH/c27-22(17-30-23-7-2-1-3-8-23)16-26-21-6-4-5-19-10-9-18(13-20(19)14-21)15-25-12-11-24(28)29;;/h1-3,7-10,13,21-22,25-27H,4-6,11-12,14-17H2,(H,28,29);2*1H. The van der Waals surface area contributed by atoms with E-state index >= 15 is 0 Å². The van der Waals surface area contributed by atoms with E-state index in [1.807, 2.05) is 30.3 Å². The predicted molar refractivity (Wildman–Crippen MR) is 131 cm³/mol. The molecule has 4 N–H and O–H groups in total. The van der Waals surface area contributed by atoms with Crippen LogP contribution < -0.4 is 15.4 Å². The quantitative estimate of drug-likeness (QED) is 0.288. The summed E-state index contributed by atoms with van der Waals surface area (Å²) in [7, 11) is 0. The van der Waals surface area contributed by atoms with Crippen LogP contribution in [0, 0.1) is 0 Å². The minimum absolute atomic E-state index is 0. The Morgan fingerprint density at radius 3 is 2.66 bits per heavy atom. The van der Waals surface area contributed by atoms with Gasteiger partial charge in [-0.3, -0.25) is 4.79 Å². The largest absolute Gasteiger partial charge is 0.491 e. The topological polar surface area (TPSA) is 90.8 Å². The number of carboxylic acids is 1. The fourth-order valence-electron chi connectivity index (χ4n) is 3.80. The summed E-state index contributed by atoms with van der Waals surface area (Å²) in [5, 5.41) is 25.7. The van der Waals surface area contributed by atoms with E-state index in [0.29, 0.717) is 25.7 Å². The lowest BCUT2D eigenvalue weighted by atomic mass is 9.99. The van der Waals surface area contributed by atoms with Gasteiger partial charge in [0.1, 0.15) is 18.5 Å². The van der Waals surface area contributed by atoms with Crippen LogP contribution in [0.5, 0.6) is 5.75 Å². The molecule has 0 heterocycles. The lowest BCUT2D eigenvalue weighted by Gasteiger charge is -2.20. The number of nitrogens with one attached hydrogen (secondary N) is 2. The van der Waals surface area contributed by atoms with Crippen molar-refractivity contribution in [3.63, 3.8) is 0 Å². The number of halogens is 2. The van der Waals surface area contributed by atoms with Crippen LogP contribution in [0.3, 0.4) is 0 Å². The van der Waals surface area contributed by atoms with Gasteiger partial charge in [-0.15, -0.1) is 24.8 Å². The molecular weight excluding hydrogens is 451 g/mol. The highest BCUT2D eigenvalue weighted by Gasteiger charge is 2.18. The zero-order chi connectivity index (χ0) is 21.2. The number of hydrogen-bond donors (Lipinski definition) is 4. The average Bonchev–Trinajstić information content (AvgIpc) is 2.96. The summed E-state index contributed by atoms with van der Waals surface area (Å²) < 4.78 is 5.63. The number of rotatable bonds is 11. The Bertz CT molecular complexity index is 808. The van der Waals surface area contributed by atoms with E-state index in [4.69, 9.17) is 9.84 Å². The number of ether oxygens (including phenoxy) is 1. The zero-order valence-corrected chi connectivity index (χ0v) is 19.8. The second-order valence-corrected chi connectivity index (χ2v) is 7.90. The summed E-state index contributed by atoms with van der Waals surface area (Å²) in [5.74, 6) is -0.0147. The van der Waals surface area contributed by atoms with Crippen molar-refractivity contribution >= 4 is 30.8 Å². The molecule has 0 aromatic heterocycles. The average molecular weight is 485 g/mol. The number of aliphatic hydroxyl groups excluding tert-OH is 1. The van der Waals surface area contributed by atoms with Gasteiger partial charge in [0.15, 0.2) is 0 Å². The SMILES string of the molecule is Cl.Cl.O=C(O)CCNCc1ccc2c(c1)CC(NCC(O)COc1ccccc1)CCC2. The number of aliphatic hydroxyl groups is 1. The summed E-state index contributed by atoms with van der Waals surface area (Å²) in [5.41, 5.74) is 3.91. The third kappa shape index (κ3) is 9.76. The fraction of sp³-hybridized carbons (Fsp3) is 0.458. The molecule has 0 amide bonds. The number of carbonyl (C=O) groups is 1. The van der Waals surface area contributed by atoms with Crippen molar-refractivity contribution in [2.45, 2.75) is 50.8 Å². The normalized spacial score (nSPS) is 16.0. The molecule has 3 rings (SSSR count). The Balaban J connectivity index is 0.00000256. The number of aliphatic carboxylic acids is 1. The van der Waals surface area contributed by atoms with Gasteiger partial charge in [0.05, 0.1) is 6.42 Å². The first-order chi connectivity index (χ1) is 14.6. The minimum atomic E-state index is -0.783. The molecular formula is C24H34Cl2N2O4. The highest BCUT2D eigenvalue weighted by Crippen LogP contribution is 2.22. The maximum absolute atomic E-state index is 10.6. The lowest BCUT2D eigenvalue weighted by Crippen LogP contribution is -2.39. The number of hydrogen-bond acceptors (Lipinski definition) is 5. The number of fused-ring (bicyclic) bond motifs is 1. The van der Waals surface area contributed by atoms with Crippen molar-refractivity contribution in [1.82, 2.24) is 10.6 Å². The number of benzene rings is 2. The van der Waals surface area contributed by atoms with Gasteiger partial charge in [-0.05, 0) is 54.5 Å². The number of carboxylic acid groups (broad SMARTS) is 1. The van der Waals surface area contributed by atoms with E-state index in [2.05, 4.69) is 28.8 Å². The van der Waals surface area contributed by atoms with E-state index < -0.39 is 12.1 Å². The molecule has 0 spiro atoms. The van der Waals surface area contributed by atoms with Gasteiger partial charge >= 0.3 is 5.97 Å². The molecule has 2 unspecified atom stereocenters. The minimum Gasteiger partial charge on any atom is -0.491 e. The Labute approximate surface area is 202 Å². The molecule has 0 aliphatic heterocycles. The fourth-order valence-corrected chi connectivity index (χ4v) is 3.80. The summed E-state index contributed by atoms with van der Waals surface area (Å²) in [6, 6.07) is 16.4. The van der Waals surface area contributed by atoms with Gasteiger partial charge in [-0.2, -0.15) is 0 Å². The van der Waals surface area contributed by atoms with Crippen molar-refractivity contribution in [3.05, 3.63) is 65.2 Å². The Morgan fingerprint density at radius 1 is 1.12 bits per heavy atom. The van der Waals surface area contributed by atoms with Crippen molar-refractivity contribution < 1.29 is 19.7 Å². The number of aryl methyl sites for hydroxylation is 1. The van der Waals surface area contributed by atoms with Gasteiger partial charge in [0.2, 0.25) is 0 Å². The smallest absolute Gasteiger partial charge is 0.304 e. The van der Waals surface area contributed by atoms with E-state index in [1.165, 1.54) is 16.7 Å². The van der Waals surface area contributed by atoms with Gasteiger partial charge < -0.3 is 25.6 Å². The van der Waals surface area contributed by atoms with E-state index in [0.717, 1.165) is 31.4 Å². The zero-order valence-electron chi connectivity index (χ0n) is 18.2. The van der Waals surface area contributed by atoms with Crippen molar-refractivity contribution in [2.75, 3.05) is 19.7 Å². The Hall–Kier alpha value is -1.83. The highest BCUT2D eigenvalue weighted by molar-refractivity contribution is 5.85. The third-order valence-electron chi connectivity index (χ3n) is 5.41. The third-order valence-corrected chi connectivity index (χ3v) is 5.41. The molecule has 6 nitrogen and oxygen atoms in total. The second-order valence-electron chi connectivity index (χ2n) is 7.90. The van der Waals surface area contributed by atoms with Crippen LogP contribution >= 0.6 is 24.8 Å². The van der Waals surface area contributed by atoms with Crippen molar-refractivity contribution in [3.8, 4) is 5.75 Å². The van der Waals surface area contributed by atoms with Crippen LogP contribution in [0.4, 0.5) is 0 Å². The van der Waals surface area contributed by atoms with E-state index in [-0.39, 0.29) is 37.8 Å². The lowest BCUT2D eigenvalue weighted by molar-refractivity contribution is -0.136. The summed E-state index contributed by atoms with van der Waals surface area (Å²) in [6.45, 7) is 1.92. The van der Waals surface area contributed by atoms with Gasteiger partial charge in [0, 0.05) is 25.7 Å². The molecule has 0 saturated heterocycles. The summed E-state index contributed by atoms with van der Waals surface area (Å²) in [6.07, 6.45) is 3.78. The first-order valence-electron chi connectivity index (χ1n) is 10.7. The molecule has 2 atom stereocenters. The van der Waals surface area contributed by atoms with Crippen LogP contribution in [0.1, 0.15) is 36.0 Å².